The van der Waals surface area contributed by atoms with Crippen molar-refractivity contribution in [1.29, 1.82) is 0 Å². The van der Waals surface area contributed by atoms with E-state index < -0.39 is 0 Å². The Kier molecular flexibility index (Phi) is 4.72. The van der Waals surface area contributed by atoms with Gasteiger partial charge in [0.2, 0.25) is 17.6 Å². The van der Waals surface area contributed by atoms with Crippen LogP contribution in [0.25, 0.3) is 0 Å². The molecule has 1 saturated heterocycles. The minimum atomic E-state index is 0.0128. The smallest absolute Gasteiger partial charge is 0.240 e. The third-order valence-corrected chi connectivity index (χ3v) is 3.41. The van der Waals surface area contributed by atoms with E-state index >= 15 is 0 Å². The van der Waals surface area contributed by atoms with Crippen molar-refractivity contribution in [2.24, 2.45) is 0 Å². The Morgan fingerprint density at radius 3 is 2.83 bits per heavy atom. The summed E-state index contributed by atoms with van der Waals surface area (Å²) in [6.07, 6.45) is 0. The quantitative estimate of drug-likeness (QED) is 0.833. The molecule has 0 bridgehead atoms. The van der Waals surface area contributed by atoms with Gasteiger partial charge in [0.15, 0.2) is 6.61 Å². The molecular formula is C15H18N4O4. The number of amides is 1. The monoisotopic (exact) mass is 318 g/mol. The Labute approximate surface area is 133 Å². The zero-order chi connectivity index (χ0) is 16.1. The molecule has 1 aliphatic heterocycles. The maximum absolute atomic E-state index is 11.3. The van der Waals surface area contributed by atoms with Crippen LogP contribution >= 0.6 is 0 Å². The third-order valence-electron chi connectivity index (χ3n) is 3.41. The maximum atomic E-state index is 11.3. The third kappa shape index (κ3) is 4.19. The fourth-order valence-electron chi connectivity index (χ4n) is 2.25. The summed E-state index contributed by atoms with van der Waals surface area (Å²) in [6.45, 7) is 2.44. The molecule has 122 valence electrons. The largest absolute Gasteiger partial charge is 0.497 e. The first-order valence-electron chi connectivity index (χ1n) is 7.30. The molecule has 0 atom stereocenters. The van der Waals surface area contributed by atoms with E-state index in [1.54, 1.807) is 7.11 Å². The second kappa shape index (κ2) is 7.10. The lowest BCUT2D eigenvalue weighted by Crippen LogP contribution is -2.47. The van der Waals surface area contributed by atoms with Crippen molar-refractivity contribution in [3.05, 3.63) is 36.0 Å². The molecule has 0 unspecified atom stereocenters. The average molecular weight is 318 g/mol. The first-order chi connectivity index (χ1) is 11.2. The molecule has 1 aromatic heterocycles. The van der Waals surface area contributed by atoms with Gasteiger partial charge in [0.25, 0.3) is 0 Å². The Morgan fingerprint density at radius 2 is 2.09 bits per heavy atom. The SMILES string of the molecule is COc1ccc(OCc2noc(CN3CCNC(=O)C3)n2)cc1. The van der Waals surface area contributed by atoms with Crippen molar-refractivity contribution in [3.8, 4) is 11.5 Å². The number of rotatable bonds is 6. The maximum Gasteiger partial charge on any atom is 0.240 e. The van der Waals surface area contributed by atoms with Crippen LogP contribution in [0.1, 0.15) is 11.7 Å². The van der Waals surface area contributed by atoms with Crippen LogP contribution in [-0.4, -0.2) is 47.7 Å². The predicted molar refractivity (Wildman–Crippen MR) is 79.9 cm³/mol. The molecular weight excluding hydrogens is 300 g/mol. The molecule has 1 aliphatic rings. The average Bonchev–Trinajstić information content (AvgIpc) is 3.01. The van der Waals surface area contributed by atoms with E-state index in [4.69, 9.17) is 14.0 Å². The lowest BCUT2D eigenvalue weighted by Gasteiger charge is -2.24. The summed E-state index contributed by atoms with van der Waals surface area (Å²) in [5.74, 6) is 2.43. The van der Waals surface area contributed by atoms with Crippen molar-refractivity contribution in [1.82, 2.24) is 20.4 Å². The zero-order valence-electron chi connectivity index (χ0n) is 12.8. The Bertz CT molecular complexity index is 656. The minimum Gasteiger partial charge on any atom is -0.497 e. The van der Waals surface area contributed by atoms with Crippen molar-refractivity contribution in [2.75, 3.05) is 26.7 Å². The van der Waals surface area contributed by atoms with Gasteiger partial charge in [-0.05, 0) is 24.3 Å². The van der Waals surface area contributed by atoms with Crippen LogP contribution in [-0.2, 0) is 17.9 Å². The highest BCUT2D eigenvalue weighted by Crippen LogP contribution is 2.17. The standard InChI is InChI=1S/C15H18N4O4/c1-21-11-2-4-12(5-3-11)22-10-13-17-15(23-18-13)9-19-7-6-16-14(20)8-19/h2-5H,6-10H2,1H3,(H,16,20). The number of nitrogens with one attached hydrogen (secondary N) is 1. The van der Waals surface area contributed by atoms with Gasteiger partial charge in [0.1, 0.15) is 11.5 Å². The van der Waals surface area contributed by atoms with Gasteiger partial charge in [0, 0.05) is 13.1 Å². The van der Waals surface area contributed by atoms with Crippen LogP contribution in [0.2, 0.25) is 0 Å². The Morgan fingerprint density at radius 1 is 1.30 bits per heavy atom. The lowest BCUT2D eigenvalue weighted by atomic mass is 10.3. The molecule has 1 fully saturated rings. The minimum absolute atomic E-state index is 0.0128. The van der Waals surface area contributed by atoms with Gasteiger partial charge in [-0.3, -0.25) is 9.69 Å². The molecule has 2 heterocycles. The van der Waals surface area contributed by atoms with Crippen LogP contribution in [0.3, 0.4) is 0 Å². The summed E-state index contributed by atoms with van der Waals surface area (Å²) in [6, 6.07) is 7.26. The Hall–Kier alpha value is -2.61. The zero-order valence-corrected chi connectivity index (χ0v) is 12.8. The second-order valence-electron chi connectivity index (χ2n) is 5.13. The number of benzene rings is 1. The van der Waals surface area contributed by atoms with Crippen LogP contribution < -0.4 is 14.8 Å². The van der Waals surface area contributed by atoms with E-state index in [0.717, 1.165) is 12.3 Å². The van der Waals surface area contributed by atoms with Crippen LogP contribution in [0.15, 0.2) is 28.8 Å². The van der Waals surface area contributed by atoms with Gasteiger partial charge in [-0.15, -0.1) is 0 Å². The molecule has 3 rings (SSSR count). The molecule has 1 amide bonds. The summed E-state index contributed by atoms with van der Waals surface area (Å²) < 4.78 is 15.9. The fraction of sp³-hybridized carbons (Fsp3) is 0.400. The van der Waals surface area contributed by atoms with Crippen LogP contribution in [0.5, 0.6) is 11.5 Å². The molecule has 0 aliphatic carbocycles. The summed E-state index contributed by atoms with van der Waals surface area (Å²) in [7, 11) is 1.61. The van der Waals surface area contributed by atoms with E-state index in [9.17, 15) is 4.79 Å². The van der Waals surface area contributed by atoms with Crippen molar-refractivity contribution in [2.45, 2.75) is 13.2 Å². The van der Waals surface area contributed by atoms with Crippen molar-refractivity contribution in [3.63, 3.8) is 0 Å². The van der Waals surface area contributed by atoms with Crippen LogP contribution in [0, 0.1) is 0 Å². The number of piperazine rings is 1. The summed E-state index contributed by atoms with van der Waals surface area (Å²) in [4.78, 5) is 17.6. The lowest BCUT2D eigenvalue weighted by molar-refractivity contribution is -0.124. The summed E-state index contributed by atoms with van der Waals surface area (Å²) in [5, 5.41) is 6.66. The molecule has 8 nitrogen and oxygen atoms in total. The number of nitrogens with zero attached hydrogens (tertiary/aromatic N) is 3. The van der Waals surface area contributed by atoms with Crippen molar-refractivity contribution < 1.29 is 18.8 Å². The molecule has 0 spiro atoms. The van der Waals surface area contributed by atoms with Crippen LogP contribution in [0.4, 0.5) is 0 Å². The highest BCUT2D eigenvalue weighted by Gasteiger charge is 2.18. The van der Waals surface area contributed by atoms with Gasteiger partial charge >= 0.3 is 0 Å². The number of aromatic nitrogens is 2. The molecule has 0 radical (unpaired) electrons. The van der Waals surface area contributed by atoms with Crippen molar-refractivity contribution >= 4 is 5.91 Å². The Balaban J connectivity index is 1.51. The topological polar surface area (TPSA) is 89.7 Å². The first-order valence-corrected chi connectivity index (χ1v) is 7.30. The normalized spacial score (nSPS) is 15.3. The van der Waals surface area contributed by atoms with E-state index in [2.05, 4.69) is 15.5 Å². The van der Waals surface area contributed by atoms with Gasteiger partial charge in [-0.2, -0.15) is 4.98 Å². The first kappa shape index (κ1) is 15.3. The van der Waals surface area contributed by atoms with E-state index in [1.165, 1.54) is 0 Å². The molecule has 1 N–H and O–H groups in total. The van der Waals surface area contributed by atoms with Gasteiger partial charge in [0.05, 0.1) is 20.2 Å². The fourth-order valence-corrected chi connectivity index (χ4v) is 2.25. The molecule has 23 heavy (non-hydrogen) atoms. The highest BCUT2D eigenvalue weighted by atomic mass is 16.5. The number of carbonyl (C=O) groups excluding carboxylic acids is 1. The highest BCUT2D eigenvalue weighted by molar-refractivity contribution is 5.78. The number of hydrogen-bond donors (Lipinski definition) is 1. The number of methoxy groups -OCH3 is 1. The predicted octanol–water partition coefficient (Wildman–Crippen LogP) is 0.589. The van der Waals surface area contributed by atoms with E-state index in [-0.39, 0.29) is 12.5 Å². The van der Waals surface area contributed by atoms with Gasteiger partial charge in [-0.1, -0.05) is 5.16 Å². The number of carbonyl (C=O) groups is 1. The molecule has 1 aromatic carbocycles. The second-order valence-corrected chi connectivity index (χ2v) is 5.13. The molecule has 0 saturated carbocycles. The number of hydrogen-bond acceptors (Lipinski definition) is 7. The van der Waals surface area contributed by atoms with Gasteiger partial charge < -0.3 is 19.3 Å². The van der Waals surface area contributed by atoms with Gasteiger partial charge in [-0.25, -0.2) is 0 Å². The number of ether oxygens (including phenoxy) is 2. The van der Waals surface area contributed by atoms with E-state index in [1.807, 2.05) is 29.2 Å². The summed E-state index contributed by atoms with van der Waals surface area (Å²) >= 11 is 0. The molecule has 2 aromatic rings. The molecule has 8 heteroatoms. The van der Waals surface area contributed by atoms with E-state index in [0.29, 0.717) is 37.1 Å². The summed E-state index contributed by atoms with van der Waals surface area (Å²) in [5.41, 5.74) is 0.